The highest BCUT2D eigenvalue weighted by molar-refractivity contribution is 6.04. The summed E-state index contributed by atoms with van der Waals surface area (Å²) in [6.45, 7) is -0.215. The number of fused-ring (bicyclic) bond motifs is 1. The second kappa shape index (κ2) is 6.50. The average Bonchev–Trinajstić information content (AvgIpc) is 2.93. The third-order valence-electron chi connectivity index (χ3n) is 5.94. The first-order valence-corrected chi connectivity index (χ1v) is 9.07. The molecule has 1 aliphatic heterocycles. The van der Waals surface area contributed by atoms with E-state index in [1.807, 2.05) is 18.2 Å². The van der Waals surface area contributed by atoms with Crippen LogP contribution in [0.2, 0.25) is 0 Å². The molecule has 4 amide bonds. The molecule has 2 N–H and O–H groups in total. The SMILES string of the molecule is O=C(CN1C(=O)CNC1=O)N[C@H]1[C@@H]2CCCC[C@H]2[C@@H]1c1ccccc1. The van der Waals surface area contributed by atoms with Gasteiger partial charge in [0.1, 0.15) is 6.54 Å². The van der Waals surface area contributed by atoms with E-state index in [0.29, 0.717) is 17.8 Å². The Bertz CT molecular complexity index is 674. The van der Waals surface area contributed by atoms with Crippen molar-refractivity contribution in [3.63, 3.8) is 0 Å². The van der Waals surface area contributed by atoms with Gasteiger partial charge in [-0.3, -0.25) is 14.5 Å². The van der Waals surface area contributed by atoms with Crippen molar-refractivity contribution in [3.8, 4) is 0 Å². The smallest absolute Gasteiger partial charge is 0.325 e. The molecule has 3 aliphatic rings. The maximum Gasteiger partial charge on any atom is 0.325 e. The summed E-state index contributed by atoms with van der Waals surface area (Å²) in [6, 6.07) is 9.96. The van der Waals surface area contributed by atoms with Crippen LogP contribution in [0.15, 0.2) is 30.3 Å². The Morgan fingerprint density at radius 3 is 2.52 bits per heavy atom. The summed E-state index contributed by atoms with van der Waals surface area (Å²) in [6.07, 6.45) is 4.82. The van der Waals surface area contributed by atoms with Crippen LogP contribution in [0.25, 0.3) is 0 Å². The number of amides is 4. The number of rotatable bonds is 4. The van der Waals surface area contributed by atoms with Crippen molar-refractivity contribution in [2.24, 2.45) is 11.8 Å². The number of benzene rings is 1. The second-order valence-corrected chi connectivity index (χ2v) is 7.28. The standard InChI is InChI=1S/C19H23N3O3/c23-15(11-22-16(24)10-20-19(22)25)21-18-14-9-5-4-8-13(14)17(18)12-6-2-1-3-7-12/h1-3,6-7,13-14,17-18H,4-5,8-11H2,(H,20,25)(H,21,23)/t13-,14-,17+,18+/m1/s1. The molecule has 1 aromatic rings. The van der Waals surface area contributed by atoms with Crippen LogP contribution in [0.5, 0.6) is 0 Å². The number of nitrogens with zero attached hydrogens (tertiary/aromatic N) is 1. The molecule has 0 unspecified atom stereocenters. The molecule has 132 valence electrons. The van der Waals surface area contributed by atoms with E-state index in [9.17, 15) is 14.4 Å². The van der Waals surface area contributed by atoms with E-state index in [2.05, 4.69) is 22.8 Å². The molecule has 1 saturated heterocycles. The van der Waals surface area contributed by atoms with Gasteiger partial charge in [-0.25, -0.2) is 4.79 Å². The summed E-state index contributed by atoms with van der Waals surface area (Å²) in [5, 5.41) is 5.56. The minimum absolute atomic E-state index is 0.0210. The summed E-state index contributed by atoms with van der Waals surface area (Å²) in [7, 11) is 0. The van der Waals surface area contributed by atoms with Crippen molar-refractivity contribution < 1.29 is 14.4 Å². The topological polar surface area (TPSA) is 78.5 Å². The molecule has 3 fully saturated rings. The number of urea groups is 1. The predicted octanol–water partition coefficient (Wildman–Crippen LogP) is 1.63. The highest BCUT2D eigenvalue weighted by Crippen LogP contribution is 2.54. The molecule has 2 saturated carbocycles. The maximum atomic E-state index is 12.5. The van der Waals surface area contributed by atoms with Crippen molar-refractivity contribution in [1.82, 2.24) is 15.5 Å². The van der Waals surface area contributed by atoms with Crippen molar-refractivity contribution in [1.29, 1.82) is 0 Å². The Labute approximate surface area is 147 Å². The first-order chi connectivity index (χ1) is 12.1. The average molecular weight is 341 g/mol. The van der Waals surface area contributed by atoms with Crippen LogP contribution in [-0.2, 0) is 9.59 Å². The fourth-order valence-corrected chi connectivity index (χ4v) is 4.78. The third-order valence-corrected chi connectivity index (χ3v) is 5.94. The van der Waals surface area contributed by atoms with Gasteiger partial charge in [0, 0.05) is 12.0 Å². The van der Waals surface area contributed by atoms with E-state index in [0.717, 1.165) is 11.3 Å². The second-order valence-electron chi connectivity index (χ2n) is 7.28. The Morgan fingerprint density at radius 2 is 1.84 bits per heavy atom. The summed E-state index contributed by atoms with van der Waals surface area (Å²) in [5.74, 6) is 0.868. The molecule has 0 radical (unpaired) electrons. The van der Waals surface area contributed by atoms with Crippen LogP contribution in [0.4, 0.5) is 4.79 Å². The molecule has 6 heteroatoms. The van der Waals surface area contributed by atoms with Crippen LogP contribution in [0.3, 0.4) is 0 Å². The molecule has 0 spiro atoms. The van der Waals surface area contributed by atoms with E-state index in [4.69, 9.17) is 0 Å². The van der Waals surface area contributed by atoms with Crippen molar-refractivity contribution >= 4 is 17.8 Å². The van der Waals surface area contributed by atoms with E-state index in [1.54, 1.807) is 0 Å². The third kappa shape index (κ3) is 2.90. The fraction of sp³-hybridized carbons (Fsp3) is 0.526. The van der Waals surface area contributed by atoms with E-state index >= 15 is 0 Å². The molecular weight excluding hydrogens is 318 g/mol. The van der Waals surface area contributed by atoms with Gasteiger partial charge in [-0.05, 0) is 30.2 Å². The Balaban J connectivity index is 1.46. The van der Waals surface area contributed by atoms with Crippen LogP contribution in [0, 0.1) is 11.8 Å². The van der Waals surface area contributed by atoms with Gasteiger partial charge < -0.3 is 10.6 Å². The van der Waals surface area contributed by atoms with Gasteiger partial charge in [0.2, 0.25) is 5.91 Å². The van der Waals surface area contributed by atoms with Crippen molar-refractivity contribution in [3.05, 3.63) is 35.9 Å². The zero-order valence-electron chi connectivity index (χ0n) is 14.1. The zero-order chi connectivity index (χ0) is 17.4. The minimum atomic E-state index is -0.482. The molecule has 0 bridgehead atoms. The molecule has 4 atom stereocenters. The zero-order valence-corrected chi connectivity index (χ0v) is 14.1. The van der Waals surface area contributed by atoms with Crippen LogP contribution in [-0.4, -0.2) is 41.9 Å². The lowest BCUT2D eigenvalue weighted by Crippen LogP contribution is -2.60. The molecule has 1 heterocycles. The predicted molar refractivity (Wildman–Crippen MR) is 91.7 cm³/mol. The van der Waals surface area contributed by atoms with Crippen molar-refractivity contribution in [2.75, 3.05) is 13.1 Å². The monoisotopic (exact) mass is 341 g/mol. The molecular formula is C19H23N3O3. The van der Waals surface area contributed by atoms with E-state index in [1.165, 1.54) is 24.8 Å². The minimum Gasteiger partial charge on any atom is -0.351 e. The number of carbonyl (C=O) groups is 3. The first-order valence-electron chi connectivity index (χ1n) is 9.07. The van der Waals surface area contributed by atoms with Gasteiger partial charge in [0.25, 0.3) is 5.91 Å². The van der Waals surface area contributed by atoms with Crippen LogP contribution >= 0.6 is 0 Å². The molecule has 0 aromatic heterocycles. The van der Waals surface area contributed by atoms with Gasteiger partial charge in [0.05, 0.1) is 6.54 Å². The lowest BCUT2D eigenvalue weighted by atomic mass is 9.53. The Kier molecular flexibility index (Phi) is 4.19. The van der Waals surface area contributed by atoms with E-state index < -0.39 is 6.03 Å². The number of hydrogen-bond donors (Lipinski definition) is 2. The first kappa shape index (κ1) is 16.1. The quantitative estimate of drug-likeness (QED) is 0.817. The molecule has 25 heavy (non-hydrogen) atoms. The highest BCUT2D eigenvalue weighted by atomic mass is 16.2. The Morgan fingerprint density at radius 1 is 1.12 bits per heavy atom. The normalized spacial score (nSPS) is 31.1. The van der Waals surface area contributed by atoms with E-state index in [-0.39, 0.29) is 30.9 Å². The summed E-state index contributed by atoms with van der Waals surface area (Å²) >= 11 is 0. The summed E-state index contributed by atoms with van der Waals surface area (Å²) in [5.41, 5.74) is 1.27. The summed E-state index contributed by atoms with van der Waals surface area (Å²) < 4.78 is 0. The molecule has 2 aliphatic carbocycles. The molecule has 6 nitrogen and oxygen atoms in total. The van der Waals surface area contributed by atoms with Gasteiger partial charge in [-0.2, -0.15) is 0 Å². The lowest BCUT2D eigenvalue weighted by Gasteiger charge is -2.55. The van der Waals surface area contributed by atoms with Crippen LogP contribution in [0.1, 0.15) is 37.2 Å². The highest BCUT2D eigenvalue weighted by Gasteiger charge is 2.51. The largest absolute Gasteiger partial charge is 0.351 e. The van der Waals surface area contributed by atoms with Gasteiger partial charge >= 0.3 is 6.03 Å². The Hall–Kier alpha value is -2.37. The number of carbonyl (C=O) groups excluding carboxylic acids is 3. The van der Waals surface area contributed by atoms with Gasteiger partial charge in [-0.1, -0.05) is 43.2 Å². The maximum absolute atomic E-state index is 12.5. The molecule has 1 aromatic carbocycles. The number of hydrogen-bond acceptors (Lipinski definition) is 3. The summed E-state index contributed by atoms with van der Waals surface area (Å²) in [4.78, 5) is 36.7. The number of imide groups is 1. The van der Waals surface area contributed by atoms with Crippen molar-refractivity contribution in [2.45, 2.75) is 37.6 Å². The fourth-order valence-electron chi connectivity index (χ4n) is 4.78. The number of nitrogens with one attached hydrogen (secondary N) is 2. The van der Waals surface area contributed by atoms with Gasteiger partial charge in [0.15, 0.2) is 0 Å². The van der Waals surface area contributed by atoms with Crippen LogP contribution < -0.4 is 10.6 Å². The molecule has 4 rings (SSSR count). The lowest BCUT2D eigenvalue weighted by molar-refractivity contribution is -0.132. The van der Waals surface area contributed by atoms with Gasteiger partial charge in [-0.15, -0.1) is 0 Å².